The maximum absolute atomic E-state index is 12.4. The zero-order valence-corrected chi connectivity index (χ0v) is 15.5. The predicted octanol–water partition coefficient (Wildman–Crippen LogP) is 3.91. The number of anilines is 1. The van der Waals surface area contributed by atoms with E-state index >= 15 is 0 Å². The van der Waals surface area contributed by atoms with Gasteiger partial charge in [-0.2, -0.15) is 0 Å². The van der Waals surface area contributed by atoms with E-state index in [1.54, 1.807) is 43.6 Å². The van der Waals surface area contributed by atoms with Crippen LogP contribution in [0.3, 0.4) is 0 Å². The lowest BCUT2D eigenvalue weighted by Gasteiger charge is -2.11. The molecule has 2 heterocycles. The highest BCUT2D eigenvalue weighted by atomic mass is 35.5. The molecule has 1 amide bonds. The second-order valence-corrected chi connectivity index (χ2v) is 6.91. The van der Waals surface area contributed by atoms with Gasteiger partial charge in [0.25, 0.3) is 5.22 Å². The van der Waals surface area contributed by atoms with Crippen molar-refractivity contribution in [2.24, 2.45) is 0 Å². The van der Waals surface area contributed by atoms with Crippen molar-refractivity contribution < 1.29 is 13.9 Å². The van der Waals surface area contributed by atoms with Crippen molar-refractivity contribution in [2.75, 3.05) is 12.4 Å². The van der Waals surface area contributed by atoms with Crippen LogP contribution in [0.1, 0.15) is 6.92 Å². The zero-order chi connectivity index (χ0) is 18.5. The van der Waals surface area contributed by atoms with E-state index in [1.807, 2.05) is 6.07 Å². The number of nitrogens with zero attached hydrogens (tertiary/aromatic N) is 3. The summed E-state index contributed by atoms with van der Waals surface area (Å²) in [6.45, 7) is 1.75. The number of nitrogens with one attached hydrogen (secondary N) is 1. The number of hydrogen-bond acceptors (Lipinski definition) is 7. The van der Waals surface area contributed by atoms with Gasteiger partial charge >= 0.3 is 0 Å². The van der Waals surface area contributed by atoms with Crippen LogP contribution in [0.15, 0.2) is 52.4 Å². The van der Waals surface area contributed by atoms with Gasteiger partial charge in [0.1, 0.15) is 5.75 Å². The number of thioether (sulfide) groups is 1. The minimum Gasteiger partial charge on any atom is -0.495 e. The van der Waals surface area contributed by atoms with E-state index in [2.05, 4.69) is 20.5 Å². The van der Waals surface area contributed by atoms with E-state index in [-0.39, 0.29) is 5.91 Å². The molecule has 2 aromatic heterocycles. The summed E-state index contributed by atoms with van der Waals surface area (Å²) in [6.07, 6.45) is 3.29. The number of benzene rings is 1. The molecule has 1 N–H and O–H groups in total. The average molecular weight is 391 g/mol. The number of amides is 1. The molecule has 1 aromatic carbocycles. The molecular formula is C17H15ClN4O3S. The summed E-state index contributed by atoms with van der Waals surface area (Å²) < 4.78 is 10.7. The first-order chi connectivity index (χ1) is 12.6. The highest BCUT2D eigenvalue weighted by molar-refractivity contribution is 8.00. The molecule has 9 heteroatoms. The van der Waals surface area contributed by atoms with E-state index in [0.717, 1.165) is 5.56 Å². The Morgan fingerprint density at radius 2 is 2.19 bits per heavy atom. The summed E-state index contributed by atoms with van der Waals surface area (Å²) in [5, 5.41) is 11.0. The molecule has 3 rings (SSSR count). The molecule has 0 saturated carbocycles. The van der Waals surface area contributed by atoms with Gasteiger partial charge in [-0.25, -0.2) is 0 Å². The monoisotopic (exact) mass is 390 g/mol. The number of methoxy groups -OCH3 is 1. The van der Waals surface area contributed by atoms with Crippen LogP contribution in [0.5, 0.6) is 5.75 Å². The number of carbonyl (C=O) groups is 1. The molecule has 0 radical (unpaired) electrons. The fraction of sp³-hybridized carbons (Fsp3) is 0.176. The van der Waals surface area contributed by atoms with Gasteiger partial charge in [-0.1, -0.05) is 23.4 Å². The summed E-state index contributed by atoms with van der Waals surface area (Å²) in [7, 11) is 1.53. The van der Waals surface area contributed by atoms with Gasteiger partial charge in [-0.15, -0.1) is 10.2 Å². The summed E-state index contributed by atoms with van der Waals surface area (Å²) in [4.78, 5) is 16.4. The van der Waals surface area contributed by atoms with E-state index in [0.29, 0.717) is 27.6 Å². The fourth-order valence-corrected chi connectivity index (χ4v) is 3.00. The maximum Gasteiger partial charge on any atom is 0.277 e. The van der Waals surface area contributed by atoms with Crippen molar-refractivity contribution in [2.45, 2.75) is 17.4 Å². The Kier molecular flexibility index (Phi) is 5.75. The van der Waals surface area contributed by atoms with Crippen molar-refractivity contribution in [3.63, 3.8) is 0 Å². The lowest BCUT2D eigenvalue weighted by Crippen LogP contribution is -2.22. The summed E-state index contributed by atoms with van der Waals surface area (Å²) in [5.41, 5.74) is 1.30. The molecule has 0 aliphatic rings. The quantitative estimate of drug-likeness (QED) is 0.638. The summed E-state index contributed by atoms with van der Waals surface area (Å²) in [6, 6.07) is 8.63. The summed E-state index contributed by atoms with van der Waals surface area (Å²) in [5.74, 6) is 0.688. The van der Waals surface area contributed by atoms with Crippen LogP contribution in [0.4, 0.5) is 5.69 Å². The molecule has 26 heavy (non-hydrogen) atoms. The normalized spacial score (nSPS) is 11.8. The van der Waals surface area contributed by atoms with Gasteiger partial charge in [0.15, 0.2) is 0 Å². The maximum atomic E-state index is 12.4. The first-order valence-electron chi connectivity index (χ1n) is 7.62. The van der Waals surface area contributed by atoms with Gasteiger partial charge < -0.3 is 14.5 Å². The average Bonchev–Trinajstić information content (AvgIpc) is 3.11. The Labute approximate surface area is 159 Å². The van der Waals surface area contributed by atoms with Crippen molar-refractivity contribution in [3.05, 3.63) is 47.7 Å². The van der Waals surface area contributed by atoms with E-state index in [9.17, 15) is 4.79 Å². The first-order valence-corrected chi connectivity index (χ1v) is 8.87. The topological polar surface area (TPSA) is 90.1 Å². The molecule has 0 saturated heterocycles. The molecule has 1 atom stereocenters. The fourth-order valence-electron chi connectivity index (χ4n) is 2.06. The van der Waals surface area contributed by atoms with E-state index < -0.39 is 5.25 Å². The molecule has 0 spiro atoms. The third-order valence-electron chi connectivity index (χ3n) is 3.38. The van der Waals surface area contributed by atoms with Crippen LogP contribution in [-0.2, 0) is 4.79 Å². The number of aromatic nitrogens is 3. The smallest absolute Gasteiger partial charge is 0.277 e. The van der Waals surface area contributed by atoms with Crippen LogP contribution in [0, 0.1) is 0 Å². The highest BCUT2D eigenvalue weighted by Gasteiger charge is 2.19. The van der Waals surface area contributed by atoms with Crippen LogP contribution < -0.4 is 10.1 Å². The Morgan fingerprint density at radius 3 is 2.88 bits per heavy atom. The van der Waals surface area contributed by atoms with Crippen molar-refractivity contribution in [1.82, 2.24) is 15.2 Å². The van der Waals surface area contributed by atoms with Crippen molar-refractivity contribution in [3.8, 4) is 17.2 Å². The van der Waals surface area contributed by atoms with Crippen LogP contribution in [0.2, 0.25) is 5.02 Å². The minimum absolute atomic E-state index is 0.211. The van der Waals surface area contributed by atoms with E-state index in [4.69, 9.17) is 20.8 Å². The molecule has 0 aliphatic heterocycles. The summed E-state index contributed by atoms with van der Waals surface area (Å²) >= 11 is 7.23. The number of ether oxygens (including phenoxy) is 1. The molecular weight excluding hydrogens is 376 g/mol. The van der Waals surface area contributed by atoms with E-state index in [1.165, 1.54) is 18.9 Å². The molecule has 0 bridgehead atoms. The molecule has 0 unspecified atom stereocenters. The van der Waals surface area contributed by atoms with Gasteiger partial charge in [0, 0.05) is 18.1 Å². The number of halogens is 1. The van der Waals surface area contributed by atoms with Gasteiger partial charge in [0.05, 0.1) is 22.9 Å². The Hall–Kier alpha value is -2.58. The first kappa shape index (κ1) is 18.2. The van der Waals surface area contributed by atoms with Gasteiger partial charge in [-0.3, -0.25) is 9.78 Å². The second kappa shape index (κ2) is 8.20. The highest BCUT2D eigenvalue weighted by Crippen LogP contribution is 2.29. The number of hydrogen-bond donors (Lipinski definition) is 1. The lowest BCUT2D eigenvalue weighted by molar-refractivity contribution is -0.115. The lowest BCUT2D eigenvalue weighted by atomic mass is 10.3. The standard InChI is InChI=1S/C17H15ClN4O3S/c1-10(15(23)20-12-5-6-14(24-2)13(18)8-12)26-17-22-21-16(25-17)11-4-3-7-19-9-11/h3-10H,1-2H3,(H,20,23)/t10-/m0/s1. The number of carbonyl (C=O) groups excluding carboxylic acids is 1. The Morgan fingerprint density at radius 1 is 1.35 bits per heavy atom. The third-order valence-corrected chi connectivity index (χ3v) is 4.61. The molecule has 134 valence electrons. The van der Waals surface area contributed by atoms with Crippen molar-refractivity contribution >= 4 is 35.0 Å². The van der Waals surface area contributed by atoms with Crippen LogP contribution in [0.25, 0.3) is 11.5 Å². The second-order valence-electron chi connectivity index (χ2n) is 5.21. The predicted molar refractivity (Wildman–Crippen MR) is 99.5 cm³/mol. The largest absolute Gasteiger partial charge is 0.495 e. The van der Waals surface area contributed by atoms with Crippen LogP contribution >= 0.6 is 23.4 Å². The van der Waals surface area contributed by atoms with Gasteiger partial charge in [-0.05, 0) is 37.3 Å². The molecule has 0 aliphatic carbocycles. The number of rotatable bonds is 6. The van der Waals surface area contributed by atoms with Crippen molar-refractivity contribution in [1.29, 1.82) is 0 Å². The molecule has 3 aromatic rings. The minimum atomic E-state index is -0.446. The molecule has 0 fully saturated rings. The Balaban J connectivity index is 1.63. The zero-order valence-electron chi connectivity index (χ0n) is 14.0. The number of pyridine rings is 1. The molecule has 7 nitrogen and oxygen atoms in total. The third kappa shape index (κ3) is 4.33. The van der Waals surface area contributed by atoms with Gasteiger partial charge in [0.2, 0.25) is 11.8 Å². The SMILES string of the molecule is COc1ccc(NC(=O)[C@H](C)Sc2nnc(-c3cccnc3)o2)cc1Cl. The van der Waals surface area contributed by atoms with Crippen LogP contribution in [-0.4, -0.2) is 33.4 Å². The Bertz CT molecular complexity index is 904.